The number of nitrogens with one attached hydrogen (secondary N) is 1. The van der Waals surface area contributed by atoms with Crippen LogP contribution in [-0.4, -0.2) is 242 Å². The van der Waals surface area contributed by atoms with Gasteiger partial charge in [-0.3, -0.25) is 14.5 Å². The number of aromatic carboxylic acids is 3. The van der Waals surface area contributed by atoms with E-state index in [0.717, 1.165) is 29.4 Å². The second kappa shape index (κ2) is 41.4. The van der Waals surface area contributed by atoms with Gasteiger partial charge < -0.3 is 59.1 Å². The molecule has 8 heterocycles. The molecule has 0 saturated carbocycles. The molecule has 2 fully saturated rings. The maximum atomic E-state index is 13.5. The smallest absolute Gasteiger partial charge is 0.347 e. The number of pyridine rings is 2. The number of hydrogen-bond donors (Lipinski definition) is 5. The number of aliphatic carboxylic acids is 1. The van der Waals surface area contributed by atoms with Crippen LogP contribution in [0.3, 0.4) is 0 Å². The third-order valence-corrected chi connectivity index (χ3v) is 15.2. The van der Waals surface area contributed by atoms with Crippen LogP contribution in [0, 0.1) is 3.57 Å². The van der Waals surface area contributed by atoms with E-state index in [9.17, 15) is 33.6 Å². The van der Waals surface area contributed by atoms with E-state index in [1.165, 1.54) is 86.5 Å². The number of hydrogen-bond acceptors (Lipinski definition) is 29. The number of likely N-dealkylation sites (tertiary alicyclic amines) is 1. The molecule has 5 N–H and O–H groups in total. The Morgan fingerprint density at radius 1 is 0.563 bits per heavy atom. The minimum absolute atomic E-state index is 0.00536. The number of para-hydroxylation sites is 3. The standard InChI is InChI=1S/C22H24N6O5.C14H20N2O4.2C8H6N4O2.C7H5IO2.C4H9NO2.C2H3N3/c1-14-8-9-15(33-20-19(22(30)32-3)18(31-2)10-11-23-20)12-27(14)21(29)16-6-4-5-7-17(16)28-25-13-24-26-28;1-9-4-5-10(8-16-9)20-13-12(14(17)19-3)11(18-2)6-7-15-13;2*13-8(14)6-3-1-2-4-7(6)12-10-5-9-11-12;8-6-4-2-1-3-5(6)7(9)10;1-5(2)3-4(6)7;1-3-2-5-4-1/h4-7,10-11,13-15H,8-9,12H2,1-3H3;6-7,9-10,16H,4-5,8H2,1-3H3;2*1-5H,(H,13,14);1-4H,(H,9,10);3H2,1-2H3,(H,6,7);1H,2H2/t14-,15-;9-,10-;;;;;/m11...../s1. The molecule has 0 aliphatic carbocycles. The van der Waals surface area contributed by atoms with Gasteiger partial charge in [0.1, 0.15) is 47.1 Å². The van der Waals surface area contributed by atoms with E-state index in [0.29, 0.717) is 65.4 Å². The number of rotatable bonds is 17. The van der Waals surface area contributed by atoms with Crippen molar-refractivity contribution >= 4 is 70.7 Å². The second-order valence-electron chi connectivity index (χ2n) is 21.6. The lowest BCUT2D eigenvalue weighted by Crippen LogP contribution is -2.49. The van der Waals surface area contributed by atoms with Gasteiger partial charge in [-0.05, 0) is 153 Å². The molecule has 12 rings (SSSR count). The molecule has 4 aromatic carbocycles. The molecule has 103 heavy (non-hydrogen) atoms. The minimum Gasteiger partial charge on any atom is -0.496 e. The number of carboxylic acids is 4. The van der Waals surface area contributed by atoms with Crippen LogP contribution in [0.2, 0.25) is 0 Å². The largest absolute Gasteiger partial charge is 0.496 e. The van der Waals surface area contributed by atoms with E-state index in [2.05, 4.69) is 83.7 Å². The minimum atomic E-state index is -1.02. The molecule has 5 aromatic heterocycles. The predicted molar refractivity (Wildman–Crippen MR) is 371 cm³/mol. The average Bonchev–Trinajstić information content (AvgIpc) is 1.78. The lowest BCUT2D eigenvalue weighted by molar-refractivity contribution is -0.137. The lowest BCUT2D eigenvalue weighted by Gasteiger charge is -2.38. The number of aromatic nitrogens is 14. The Labute approximate surface area is 601 Å². The number of esters is 2. The quantitative estimate of drug-likeness (QED) is 0.0507. The van der Waals surface area contributed by atoms with Crippen molar-refractivity contribution in [2.75, 3.05) is 68.8 Å². The maximum absolute atomic E-state index is 13.5. The van der Waals surface area contributed by atoms with Crippen LogP contribution in [0.5, 0.6) is 23.3 Å². The highest BCUT2D eigenvalue weighted by atomic mass is 127. The number of benzene rings is 4. The SMILES string of the molecule is C1=NCN=N1.CN(C)CC(=O)O.COC(=O)c1c(OC)ccnc1O[C@@H]1CC[C@@H](C)N(C(=O)c2ccccc2-n2ncnn2)C1.COC(=O)c1c(OC)ccnc1O[C@@H]1CC[C@@H](C)NC1.O=C(O)c1ccccc1-n1ncnn1.O=C(O)c1ccccc1-n1ncnn1.O=C(O)c1ccccc1I. The van der Waals surface area contributed by atoms with E-state index in [-0.39, 0.29) is 64.7 Å². The third-order valence-electron chi connectivity index (χ3n) is 14.3. The molecule has 4 atom stereocenters. The fourth-order valence-electron chi connectivity index (χ4n) is 9.35. The second-order valence-corrected chi connectivity index (χ2v) is 22.7. The van der Waals surface area contributed by atoms with Gasteiger partial charge in [0.25, 0.3) is 5.91 Å². The molecular formula is C65H73IN20O17. The number of amides is 1. The molecule has 0 spiro atoms. The molecule has 2 saturated heterocycles. The van der Waals surface area contributed by atoms with Gasteiger partial charge >= 0.3 is 35.8 Å². The summed E-state index contributed by atoms with van der Waals surface area (Å²) in [6.45, 7) is 5.83. The van der Waals surface area contributed by atoms with E-state index >= 15 is 0 Å². The fourth-order valence-corrected chi connectivity index (χ4v) is 9.97. The molecule has 3 aliphatic rings. The topological polar surface area (TPSA) is 468 Å². The third kappa shape index (κ3) is 24.3. The van der Waals surface area contributed by atoms with Crippen molar-refractivity contribution < 1.29 is 82.4 Å². The molecule has 9 aromatic rings. The first-order valence-electron chi connectivity index (χ1n) is 30.8. The van der Waals surface area contributed by atoms with E-state index in [1.54, 1.807) is 115 Å². The average molecular weight is 1530 g/mol. The Morgan fingerprint density at radius 2 is 1.00 bits per heavy atom. The van der Waals surface area contributed by atoms with Gasteiger partial charge in [0.05, 0.1) is 63.8 Å². The molecule has 542 valence electrons. The zero-order valence-corrected chi connectivity index (χ0v) is 59.0. The Bertz CT molecular complexity index is 4180. The van der Waals surface area contributed by atoms with Gasteiger partial charge in [-0.15, -0.1) is 50.1 Å². The monoisotopic (exact) mass is 1530 g/mol. The normalized spacial score (nSPS) is 15.2. The molecule has 3 aliphatic heterocycles. The number of carboxylic acid groups (broad SMARTS) is 4. The number of tetrazole rings is 3. The Kier molecular flexibility index (Phi) is 32.1. The van der Waals surface area contributed by atoms with Crippen LogP contribution in [0.25, 0.3) is 17.1 Å². The molecule has 0 bridgehead atoms. The molecular weight excluding hydrogens is 1460 g/mol. The highest BCUT2D eigenvalue weighted by Gasteiger charge is 2.34. The van der Waals surface area contributed by atoms with Crippen molar-refractivity contribution in [1.29, 1.82) is 0 Å². The summed E-state index contributed by atoms with van der Waals surface area (Å²) in [5.41, 5.74) is 2.79. The molecule has 38 heteroatoms. The molecule has 0 unspecified atom stereocenters. The van der Waals surface area contributed by atoms with Crippen LogP contribution in [0.1, 0.15) is 102 Å². The summed E-state index contributed by atoms with van der Waals surface area (Å²) in [6.07, 6.45) is 11.3. The lowest BCUT2D eigenvalue weighted by atomic mass is 9.99. The van der Waals surface area contributed by atoms with Crippen molar-refractivity contribution in [2.45, 2.75) is 63.8 Å². The van der Waals surface area contributed by atoms with Crippen molar-refractivity contribution in [2.24, 2.45) is 15.2 Å². The van der Waals surface area contributed by atoms with Gasteiger partial charge in [0, 0.05) is 34.6 Å². The first kappa shape index (κ1) is 79.8. The van der Waals surface area contributed by atoms with Gasteiger partial charge in [0.15, 0.2) is 36.8 Å². The van der Waals surface area contributed by atoms with Gasteiger partial charge in [0.2, 0.25) is 11.8 Å². The van der Waals surface area contributed by atoms with E-state index < -0.39 is 35.8 Å². The number of azo groups is 1. The van der Waals surface area contributed by atoms with Crippen LogP contribution < -0.4 is 24.3 Å². The summed E-state index contributed by atoms with van der Waals surface area (Å²) in [6, 6.07) is 30.6. The molecule has 1 amide bonds. The van der Waals surface area contributed by atoms with E-state index in [1.807, 2.05) is 41.6 Å². The van der Waals surface area contributed by atoms with Crippen molar-refractivity contribution in [3.8, 4) is 40.3 Å². The Morgan fingerprint density at radius 3 is 1.35 bits per heavy atom. The fraction of sp³-hybridized carbons (Fsp3) is 0.308. The summed E-state index contributed by atoms with van der Waals surface area (Å²) >= 11 is 1.99. The summed E-state index contributed by atoms with van der Waals surface area (Å²) in [7, 11) is 8.98. The summed E-state index contributed by atoms with van der Waals surface area (Å²) in [4.78, 5) is 98.5. The van der Waals surface area contributed by atoms with Crippen molar-refractivity contribution in [3.05, 3.63) is 178 Å². The summed E-state index contributed by atoms with van der Waals surface area (Å²) in [5.74, 6) is -3.90. The number of carbonyl (C=O) groups excluding carboxylic acids is 3. The van der Waals surface area contributed by atoms with Crippen LogP contribution in [-0.2, 0) is 14.3 Å². The molecule has 0 radical (unpaired) electrons. The van der Waals surface area contributed by atoms with Crippen LogP contribution in [0.15, 0.2) is 156 Å². The number of piperidine rings is 2. The first-order chi connectivity index (χ1) is 49.6. The van der Waals surface area contributed by atoms with Gasteiger partial charge in [-0.2, -0.15) is 5.11 Å². The number of likely N-dealkylation sites (N-methyl/N-ethyl adjacent to an activating group) is 1. The van der Waals surface area contributed by atoms with Gasteiger partial charge in [-0.1, -0.05) is 48.5 Å². The highest BCUT2D eigenvalue weighted by molar-refractivity contribution is 14.1. The zero-order chi connectivity index (χ0) is 74.8. The van der Waals surface area contributed by atoms with E-state index in [4.69, 9.17) is 48.8 Å². The number of methoxy groups -OCH3 is 4. The number of aliphatic imine (C=N–C) groups is 1. The Balaban J connectivity index is 0.000000204. The summed E-state index contributed by atoms with van der Waals surface area (Å²) in [5, 5.41) is 78.1. The van der Waals surface area contributed by atoms with Crippen LogP contribution in [0.4, 0.5) is 0 Å². The van der Waals surface area contributed by atoms with Gasteiger partial charge in [-0.25, -0.2) is 38.9 Å². The number of carbonyl (C=O) groups is 7. The number of halogens is 1. The molecule has 37 nitrogen and oxygen atoms in total. The summed E-state index contributed by atoms with van der Waals surface area (Å²) < 4.78 is 32.8. The zero-order valence-electron chi connectivity index (χ0n) is 56.8. The van der Waals surface area contributed by atoms with Crippen molar-refractivity contribution in [1.82, 2.24) is 85.7 Å². The van der Waals surface area contributed by atoms with Crippen molar-refractivity contribution in [3.63, 3.8) is 0 Å². The number of nitrogens with zero attached hydrogens (tertiary/aromatic N) is 19. The predicted octanol–water partition coefficient (Wildman–Crippen LogP) is 6.10. The van der Waals surface area contributed by atoms with Crippen LogP contribution >= 0.6 is 22.6 Å². The maximum Gasteiger partial charge on any atom is 0.347 e. The Hall–Kier alpha value is -12.2. The first-order valence-corrected chi connectivity index (χ1v) is 31.9. The number of ether oxygens (including phenoxy) is 6. The highest BCUT2D eigenvalue weighted by Crippen LogP contribution is 2.32.